The van der Waals surface area contributed by atoms with Crippen LogP contribution < -0.4 is 5.32 Å². The summed E-state index contributed by atoms with van der Waals surface area (Å²) in [5.41, 5.74) is 2.31. The normalized spacial score (nSPS) is 36.7. The fraction of sp³-hybridized carbons (Fsp3) is 0.611. The van der Waals surface area contributed by atoms with Crippen molar-refractivity contribution in [3.63, 3.8) is 0 Å². The number of carboxylic acids is 1. The van der Waals surface area contributed by atoms with Crippen molar-refractivity contribution in [2.75, 3.05) is 5.32 Å². The Morgan fingerprint density at radius 3 is 2.29 bits per heavy atom. The summed E-state index contributed by atoms with van der Waals surface area (Å²) >= 11 is 0. The van der Waals surface area contributed by atoms with Crippen LogP contribution in [0.25, 0.3) is 0 Å². The van der Waals surface area contributed by atoms with Gasteiger partial charge in [0.25, 0.3) is 0 Å². The number of hydrogen-bond acceptors (Lipinski definition) is 2. The molecule has 0 atom stereocenters. The lowest BCUT2D eigenvalue weighted by atomic mass is 9.54. The van der Waals surface area contributed by atoms with E-state index in [1.54, 1.807) is 6.07 Å². The van der Waals surface area contributed by atoms with Crippen LogP contribution in [0.4, 0.5) is 5.69 Å². The van der Waals surface area contributed by atoms with Crippen LogP contribution in [0.15, 0.2) is 18.2 Å². The lowest BCUT2D eigenvalue weighted by Gasteiger charge is -2.54. The Labute approximate surface area is 125 Å². The standard InChI is InChI=1S/C18H23NO2/c1-10-15(18(20)21)3-2-4-16(10)19-17-13-6-11-5-12(8-13)9-14(17)7-11/h2-4,11-14,17,19H,5-9H2,1H3,(H,20,21). The molecule has 0 saturated heterocycles. The van der Waals surface area contributed by atoms with E-state index in [-0.39, 0.29) is 0 Å². The van der Waals surface area contributed by atoms with Crippen molar-refractivity contribution in [1.29, 1.82) is 0 Å². The van der Waals surface area contributed by atoms with Gasteiger partial charge in [0, 0.05) is 11.7 Å². The molecule has 0 unspecified atom stereocenters. The third-order valence-corrected chi connectivity index (χ3v) is 6.11. The maximum atomic E-state index is 11.3. The maximum absolute atomic E-state index is 11.3. The van der Waals surface area contributed by atoms with Gasteiger partial charge < -0.3 is 10.4 Å². The van der Waals surface area contributed by atoms with Gasteiger partial charge in [-0.1, -0.05) is 6.07 Å². The maximum Gasteiger partial charge on any atom is 0.336 e. The smallest absolute Gasteiger partial charge is 0.336 e. The van der Waals surface area contributed by atoms with Crippen LogP contribution in [0, 0.1) is 30.6 Å². The fourth-order valence-electron chi connectivity index (χ4n) is 5.36. The first-order valence-electron chi connectivity index (χ1n) is 8.21. The second-order valence-electron chi connectivity index (χ2n) is 7.38. The highest BCUT2D eigenvalue weighted by molar-refractivity contribution is 5.91. The van der Waals surface area contributed by atoms with Crippen molar-refractivity contribution in [3.8, 4) is 0 Å². The van der Waals surface area contributed by atoms with Gasteiger partial charge in [0.2, 0.25) is 0 Å². The van der Waals surface area contributed by atoms with E-state index >= 15 is 0 Å². The number of nitrogens with one attached hydrogen (secondary N) is 1. The molecule has 21 heavy (non-hydrogen) atoms. The minimum atomic E-state index is -0.832. The van der Waals surface area contributed by atoms with E-state index < -0.39 is 5.97 Å². The van der Waals surface area contributed by atoms with Crippen LogP contribution in [0.3, 0.4) is 0 Å². The van der Waals surface area contributed by atoms with Crippen LogP contribution in [-0.2, 0) is 0 Å². The Hall–Kier alpha value is -1.51. The summed E-state index contributed by atoms with van der Waals surface area (Å²) in [7, 11) is 0. The number of anilines is 1. The van der Waals surface area contributed by atoms with Crippen molar-refractivity contribution in [2.45, 2.75) is 45.1 Å². The van der Waals surface area contributed by atoms with E-state index in [2.05, 4.69) is 5.32 Å². The van der Waals surface area contributed by atoms with Crippen molar-refractivity contribution in [2.24, 2.45) is 23.7 Å². The molecule has 4 bridgehead atoms. The first-order chi connectivity index (χ1) is 10.1. The molecule has 0 heterocycles. The van der Waals surface area contributed by atoms with Crippen LogP contribution >= 0.6 is 0 Å². The van der Waals surface area contributed by atoms with Crippen LogP contribution in [-0.4, -0.2) is 17.1 Å². The number of carbonyl (C=O) groups is 1. The van der Waals surface area contributed by atoms with Gasteiger partial charge >= 0.3 is 5.97 Å². The number of aromatic carboxylic acids is 1. The Morgan fingerprint density at radius 1 is 1.10 bits per heavy atom. The predicted molar refractivity (Wildman–Crippen MR) is 82.6 cm³/mol. The molecule has 3 nitrogen and oxygen atoms in total. The highest BCUT2D eigenvalue weighted by Gasteiger charge is 2.48. The topological polar surface area (TPSA) is 49.3 Å². The predicted octanol–water partition coefficient (Wildman–Crippen LogP) is 3.93. The molecule has 0 amide bonds. The molecule has 2 N–H and O–H groups in total. The molecule has 1 aromatic carbocycles. The van der Waals surface area contributed by atoms with Crippen molar-refractivity contribution in [3.05, 3.63) is 29.3 Å². The first-order valence-corrected chi connectivity index (χ1v) is 8.21. The van der Waals surface area contributed by atoms with E-state index in [9.17, 15) is 9.90 Å². The highest BCUT2D eigenvalue weighted by Crippen LogP contribution is 2.54. The Bertz CT molecular complexity index is 553. The molecular formula is C18H23NO2. The molecule has 4 aliphatic rings. The molecule has 5 rings (SSSR count). The van der Waals surface area contributed by atoms with E-state index in [1.165, 1.54) is 32.1 Å². The second-order valence-corrected chi connectivity index (χ2v) is 7.38. The average molecular weight is 285 g/mol. The zero-order chi connectivity index (χ0) is 14.6. The molecule has 0 radical (unpaired) electrons. The summed E-state index contributed by atoms with van der Waals surface area (Å²) in [6.07, 6.45) is 6.97. The Morgan fingerprint density at radius 2 is 1.71 bits per heavy atom. The van der Waals surface area contributed by atoms with Gasteiger partial charge in [0.05, 0.1) is 5.56 Å². The minimum Gasteiger partial charge on any atom is -0.478 e. The van der Waals surface area contributed by atoms with Gasteiger partial charge in [-0.15, -0.1) is 0 Å². The highest BCUT2D eigenvalue weighted by atomic mass is 16.4. The second kappa shape index (κ2) is 4.75. The molecule has 3 heteroatoms. The van der Waals surface area contributed by atoms with Gasteiger partial charge in [-0.25, -0.2) is 4.79 Å². The van der Waals surface area contributed by atoms with Crippen LogP contribution in [0.5, 0.6) is 0 Å². The molecular weight excluding hydrogens is 262 g/mol. The summed E-state index contributed by atoms with van der Waals surface area (Å²) in [6.45, 7) is 1.92. The largest absolute Gasteiger partial charge is 0.478 e. The average Bonchev–Trinajstić information content (AvgIpc) is 2.43. The Kier molecular flexibility index (Phi) is 2.98. The van der Waals surface area contributed by atoms with E-state index in [1.807, 2.05) is 19.1 Å². The number of carboxylic acid groups (broad SMARTS) is 1. The Balaban J connectivity index is 1.59. The molecule has 0 spiro atoms. The molecule has 0 aliphatic heterocycles. The molecule has 0 aromatic heterocycles. The van der Waals surface area contributed by atoms with Crippen molar-refractivity contribution < 1.29 is 9.90 Å². The quantitative estimate of drug-likeness (QED) is 0.884. The van der Waals surface area contributed by atoms with Crippen LogP contribution in [0.2, 0.25) is 0 Å². The van der Waals surface area contributed by atoms with E-state index in [0.717, 1.165) is 34.9 Å². The fourth-order valence-corrected chi connectivity index (χ4v) is 5.36. The third kappa shape index (κ3) is 2.14. The summed E-state index contributed by atoms with van der Waals surface area (Å²) in [5, 5.41) is 13.0. The van der Waals surface area contributed by atoms with Gasteiger partial charge in [-0.2, -0.15) is 0 Å². The van der Waals surface area contributed by atoms with Gasteiger partial charge in [-0.3, -0.25) is 0 Å². The molecule has 4 aliphatic carbocycles. The monoisotopic (exact) mass is 285 g/mol. The summed E-state index contributed by atoms with van der Waals surface area (Å²) in [4.78, 5) is 11.3. The molecule has 4 saturated carbocycles. The lowest BCUT2D eigenvalue weighted by molar-refractivity contribution is 0.00752. The van der Waals surface area contributed by atoms with Gasteiger partial charge in [0.15, 0.2) is 0 Å². The molecule has 4 fully saturated rings. The molecule has 1 aromatic rings. The minimum absolute atomic E-state index is 0.420. The van der Waals surface area contributed by atoms with Gasteiger partial charge in [0.1, 0.15) is 0 Å². The first kappa shape index (κ1) is 13.2. The SMILES string of the molecule is Cc1c(NC2C3CC4CC(C3)CC2C4)cccc1C(=O)O. The molecule has 112 valence electrons. The van der Waals surface area contributed by atoms with E-state index in [0.29, 0.717) is 11.6 Å². The zero-order valence-electron chi connectivity index (χ0n) is 12.5. The van der Waals surface area contributed by atoms with E-state index in [4.69, 9.17) is 0 Å². The van der Waals surface area contributed by atoms with Crippen molar-refractivity contribution >= 4 is 11.7 Å². The summed E-state index contributed by atoms with van der Waals surface area (Å²) < 4.78 is 0. The lowest BCUT2D eigenvalue weighted by Crippen LogP contribution is -2.51. The number of hydrogen-bond donors (Lipinski definition) is 2. The number of rotatable bonds is 3. The van der Waals surface area contributed by atoms with Crippen molar-refractivity contribution in [1.82, 2.24) is 0 Å². The zero-order valence-corrected chi connectivity index (χ0v) is 12.5. The summed E-state index contributed by atoms with van der Waals surface area (Å²) in [6, 6.07) is 6.14. The van der Waals surface area contributed by atoms with Crippen LogP contribution in [0.1, 0.15) is 48.0 Å². The number of benzene rings is 1. The van der Waals surface area contributed by atoms with Gasteiger partial charge in [-0.05, 0) is 80.4 Å². The third-order valence-electron chi connectivity index (χ3n) is 6.11. The summed E-state index contributed by atoms with van der Waals surface area (Å²) in [5.74, 6) is 2.71.